The third-order valence-electron chi connectivity index (χ3n) is 4.58. The molecular weight excluding hydrogens is 308 g/mol. The molecular formula is C23H36O2. The number of rotatable bonds is 15. The van der Waals surface area contributed by atoms with Gasteiger partial charge < -0.3 is 4.74 Å². The number of aryl methyl sites for hydroxylation is 1. The zero-order valence-electron chi connectivity index (χ0n) is 16.1. The molecule has 0 saturated heterocycles. The van der Waals surface area contributed by atoms with E-state index in [-0.39, 0.29) is 5.97 Å². The highest BCUT2D eigenvalue weighted by atomic mass is 16.5. The smallest absolute Gasteiger partial charge is 0.305 e. The Hall–Kier alpha value is -1.57. The Balaban J connectivity index is 1.79. The fraction of sp³-hybridized carbons (Fsp3) is 0.609. The van der Waals surface area contributed by atoms with Crippen LogP contribution in [0.4, 0.5) is 0 Å². The lowest BCUT2D eigenvalue weighted by Crippen LogP contribution is -1.99. The maximum atomic E-state index is 11.0. The fourth-order valence-corrected chi connectivity index (χ4v) is 2.99. The fourth-order valence-electron chi connectivity index (χ4n) is 2.99. The summed E-state index contributed by atoms with van der Waals surface area (Å²) in [6.45, 7) is 0. The number of esters is 1. The molecule has 140 valence electrons. The van der Waals surface area contributed by atoms with Crippen molar-refractivity contribution in [3.63, 3.8) is 0 Å². The van der Waals surface area contributed by atoms with Crippen LogP contribution < -0.4 is 0 Å². The van der Waals surface area contributed by atoms with Gasteiger partial charge in [-0.3, -0.25) is 4.79 Å². The summed E-state index contributed by atoms with van der Waals surface area (Å²) in [7, 11) is 1.46. The van der Waals surface area contributed by atoms with Crippen molar-refractivity contribution in [2.45, 2.75) is 83.5 Å². The Morgan fingerprint density at radius 2 is 1.36 bits per heavy atom. The lowest BCUT2D eigenvalue weighted by atomic mass is 10.1. The van der Waals surface area contributed by atoms with Crippen molar-refractivity contribution < 1.29 is 9.53 Å². The first-order valence-electron chi connectivity index (χ1n) is 10.1. The number of carbonyl (C=O) groups excluding carboxylic acids is 1. The lowest BCUT2D eigenvalue weighted by molar-refractivity contribution is -0.140. The van der Waals surface area contributed by atoms with Crippen LogP contribution in [0.1, 0.15) is 82.6 Å². The molecule has 0 saturated carbocycles. The molecule has 0 unspecified atom stereocenters. The molecule has 0 aliphatic heterocycles. The van der Waals surface area contributed by atoms with E-state index in [1.807, 2.05) is 0 Å². The average Bonchev–Trinajstić information content (AvgIpc) is 2.65. The topological polar surface area (TPSA) is 26.3 Å². The van der Waals surface area contributed by atoms with Gasteiger partial charge in [0.05, 0.1) is 7.11 Å². The Labute approximate surface area is 154 Å². The number of ether oxygens (including phenoxy) is 1. The van der Waals surface area contributed by atoms with Crippen molar-refractivity contribution >= 4 is 5.97 Å². The number of carbonyl (C=O) groups is 1. The molecule has 1 aromatic rings. The van der Waals surface area contributed by atoms with Crippen LogP contribution in [0.25, 0.3) is 0 Å². The molecule has 0 N–H and O–H groups in total. The molecule has 0 fully saturated rings. The first-order valence-corrected chi connectivity index (χ1v) is 10.1. The largest absolute Gasteiger partial charge is 0.469 e. The van der Waals surface area contributed by atoms with Crippen LogP contribution in [0.5, 0.6) is 0 Å². The molecule has 0 atom stereocenters. The SMILES string of the molecule is COC(=O)CCCCCCCCCC=CCCCCc1ccccc1. The maximum Gasteiger partial charge on any atom is 0.305 e. The summed E-state index contributed by atoms with van der Waals surface area (Å²) in [6, 6.07) is 10.8. The van der Waals surface area contributed by atoms with Gasteiger partial charge >= 0.3 is 5.97 Å². The molecule has 2 nitrogen and oxygen atoms in total. The van der Waals surface area contributed by atoms with Gasteiger partial charge in [-0.15, -0.1) is 0 Å². The summed E-state index contributed by atoms with van der Waals surface area (Å²) >= 11 is 0. The van der Waals surface area contributed by atoms with Gasteiger partial charge in [0.15, 0.2) is 0 Å². The number of allylic oxidation sites excluding steroid dienone is 2. The summed E-state index contributed by atoms with van der Waals surface area (Å²) in [5.41, 5.74) is 1.46. The summed E-state index contributed by atoms with van der Waals surface area (Å²) in [4.78, 5) is 11.0. The van der Waals surface area contributed by atoms with E-state index < -0.39 is 0 Å². The van der Waals surface area contributed by atoms with E-state index in [0.717, 1.165) is 12.8 Å². The van der Waals surface area contributed by atoms with Gasteiger partial charge in [-0.2, -0.15) is 0 Å². The summed E-state index contributed by atoms with van der Waals surface area (Å²) in [5, 5.41) is 0. The first-order chi connectivity index (χ1) is 12.3. The van der Waals surface area contributed by atoms with Crippen molar-refractivity contribution in [2.75, 3.05) is 7.11 Å². The predicted octanol–water partition coefficient (Wildman–Crippen LogP) is 6.64. The van der Waals surface area contributed by atoms with Gasteiger partial charge in [-0.1, -0.05) is 74.6 Å². The van der Waals surface area contributed by atoms with Crippen LogP contribution >= 0.6 is 0 Å². The van der Waals surface area contributed by atoms with Gasteiger partial charge in [0.1, 0.15) is 0 Å². The Bertz CT molecular complexity index is 450. The van der Waals surface area contributed by atoms with Gasteiger partial charge in [0.2, 0.25) is 0 Å². The van der Waals surface area contributed by atoms with E-state index in [9.17, 15) is 4.79 Å². The number of unbranched alkanes of at least 4 members (excludes halogenated alkanes) is 9. The number of methoxy groups -OCH3 is 1. The number of hydrogen-bond donors (Lipinski definition) is 0. The van der Waals surface area contributed by atoms with Crippen LogP contribution in [0.2, 0.25) is 0 Å². The van der Waals surface area contributed by atoms with Crippen molar-refractivity contribution in [3.8, 4) is 0 Å². The molecule has 0 aromatic heterocycles. The van der Waals surface area contributed by atoms with Crippen LogP contribution in [0.15, 0.2) is 42.5 Å². The van der Waals surface area contributed by atoms with Crippen LogP contribution in [-0.2, 0) is 16.0 Å². The van der Waals surface area contributed by atoms with Crippen molar-refractivity contribution in [3.05, 3.63) is 48.0 Å². The van der Waals surface area contributed by atoms with Crippen molar-refractivity contribution in [1.29, 1.82) is 0 Å². The van der Waals surface area contributed by atoms with E-state index in [1.54, 1.807) is 0 Å². The molecule has 0 spiro atoms. The van der Waals surface area contributed by atoms with Gasteiger partial charge in [-0.25, -0.2) is 0 Å². The molecule has 0 amide bonds. The second-order valence-electron chi connectivity index (χ2n) is 6.79. The molecule has 25 heavy (non-hydrogen) atoms. The summed E-state index contributed by atoms with van der Waals surface area (Å²) < 4.78 is 4.64. The normalized spacial score (nSPS) is 11.1. The summed E-state index contributed by atoms with van der Waals surface area (Å²) in [6.07, 6.45) is 20.1. The van der Waals surface area contributed by atoms with E-state index in [2.05, 4.69) is 47.2 Å². The van der Waals surface area contributed by atoms with E-state index in [1.165, 1.54) is 76.9 Å². The number of benzene rings is 1. The molecule has 1 aromatic carbocycles. The first kappa shape index (κ1) is 21.5. The van der Waals surface area contributed by atoms with Crippen LogP contribution in [-0.4, -0.2) is 13.1 Å². The minimum Gasteiger partial charge on any atom is -0.469 e. The highest BCUT2D eigenvalue weighted by Crippen LogP contribution is 2.11. The summed E-state index contributed by atoms with van der Waals surface area (Å²) in [5.74, 6) is -0.0770. The van der Waals surface area contributed by atoms with Crippen LogP contribution in [0.3, 0.4) is 0 Å². The zero-order valence-corrected chi connectivity index (χ0v) is 16.1. The molecule has 0 radical (unpaired) electrons. The predicted molar refractivity (Wildman–Crippen MR) is 107 cm³/mol. The van der Waals surface area contributed by atoms with E-state index >= 15 is 0 Å². The third kappa shape index (κ3) is 13.4. The van der Waals surface area contributed by atoms with E-state index in [4.69, 9.17) is 0 Å². The molecule has 0 heterocycles. The van der Waals surface area contributed by atoms with Gasteiger partial charge in [-0.05, 0) is 50.5 Å². The Kier molecular flexibility index (Phi) is 13.7. The monoisotopic (exact) mass is 344 g/mol. The second kappa shape index (κ2) is 15.9. The standard InChI is InChI=1S/C23H36O2/c1-25-23(24)21-17-12-10-8-6-4-2-3-5-7-9-11-14-18-22-19-15-13-16-20-22/h5,7,13,15-16,19-20H,2-4,6,8-12,14,17-18,21H2,1H3. The molecule has 1 rings (SSSR count). The Morgan fingerprint density at radius 3 is 2.00 bits per heavy atom. The highest BCUT2D eigenvalue weighted by molar-refractivity contribution is 5.68. The van der Waals surface area contributed by atoms with Crippen LogP contribution in [0, 0.1) is 0 Å². The molecule has 0 aliphatic rings. The Morgan fingerprint density at radius 1 is 0.800 bits per heavy atom. The highest BCUT2D eigenvalue weighted by Gasteiger charge is 1.98. The van der Waals surface area contributed by atoms with Gasteiger partial charge in [0, 0.05) is 6.42 Å². The molecule has 2 heteroatoms. The molecule has 0 bridgehead atoms. The average molecular weight is 345 g/mol. The van der Waals surface area contributed by atoms with Crippen molar-refractivity contribution in [1.82, 2.24) is 0 Å². The minimum absolute atomic E-state index is 0.0770. The zero-order chi connectivity index (χ0) is 18.0. The quantitative estimate of drug-likeness (QED) is 0.202. The maximum absolute atomic E-state index is 11.0. The third-order valence-corrected chi connectivity index (χ3v) is 4.58. The minimum atomic E-state index is -0.0770. The molecule has 0 aliphatic carbocycles. The lowest BCUT2D eigenvalue weighted by Gasteiger charge is -2.01. The number of hydrogen-bond acceptors (Lipinski definition) is 2. The van der Waals surface area contributed by atoms with Crippen molar-refractivity contribution in [2.24, 2.45) is 0 Å². The second-order valence-corrected chi connectivity index (χ2v) is 6.79. The van der Waals surface area contributed by atoms with E-state index in [0.29, 0.717) is 6.42 Å². The van der Waals surface area contributed by atoms with Gasteiger partial charge in [0.25, 0.3) is 0 Å².